The zero-order valence-electron chi connectivity index (χ0n) is 11.7. The molecule has 1 aromatic heterocycles. The summed E-state index contributed by atoms with van der Waals surface area (Å²) in [4.78, 5) is 0. The van der Waals surface area contributed by atoms with Crippen molar-refractivity contribution in [2.24, 2.45) is 0 Å². The van der Waals surface area contributed by atoms with Gasteiger partial charge in [-0.05, 0) is 36.6 Å². The van der Waals surface area contributed by atoms with Crippen LogP contribution in [0, 0.1) is 0 Å². The minimum absolute atomic E-state index is 1.04. The Morgan fingerprint density at radius 1 is 1.11 bits per heavy atom. The molecule has 0 radical (unpaired) electrons. The summed E-state index contributed by atoms with van der Waals surface area (Å²) in [6.45, 7) is 5.47. The maximum Gasteiger partial charge on any atom is 0.0492 e. The highest BCUT2D eigenvalue weighted by Gasteiger charge is 2.01. The van der Waals surface area contributed by atoms with E-state index in [1.54, 1.807) is 0 Å². The molecule has 1 N–H and O–H groups in total. The second-order valence-corrected chi connectivity index (χ2v) is 5.94. The fraction of sp³-hybridized carbons (Fsp3) is 0.500. The van der Waals surface area contributed by atoms with Gasteiger partial charge in [-0.1, -0.05) is 48.2 Å². The summed E-state index contributed by atoms with van der Waals surface area (Å²) in [6.07, 6.45) is 7.49. The van der Waals surface area contributed by atoms with Crippen LogP contribution in [0.2, 0.25) is 0 Å². The number of nitrogens with zero attached hydrogens (tertiary/aromatic N) is 1. The average molecular weight is 323 g/mol. The highest BCUT2D eigenvalue weighted by molar-refractivity contribution is 9.10. The molecular weight excluding hydrogens is 300 g/mol. The van der Waals surface area contributed by atoms with E-state index in [1.165, 1.54) is 36.6 Å². The van der Waals surface area contributed by atoms with Crippen molar-refractivity contribution in [2.45, 2.75) is 39.2 Å². The zero-order chi connectivity index (χ0) is 13.5. The van der Waals surface area contributed by atoms with Gasteiger partial charge in [0.15, 0.2) is 0 Å². The van der Waals surface area contributed by atoms with Crippen LogP contribution in [0.3, 0.4) is 0 Å². The molecule has 2 rings (SSSR count). The Morgan fingerprint density at radius 3 is 2.84 bits per heavy atom. The van der Waals surface area contributed by atoms with E-state index in [0.29, 0.717) is 0 Å². The van der Waals surface area contributed by atoms with Crippen LogP contribution in [0.4, 0.5) is 0 Å². The number of hydrogen-bond acceptors (Lipinski definition) is 1. The summed E-state index contributed by atoms with van der Waals surface area (Å²) in [6, 6.07) is 8.63. The third-order valence-electron chi connectivity index (χ3n) is 3.47. The maximum absolute atomic E-state index is 3.54. The predicted octanol–water partition coefficient (Wildman–Crippen LogP) is 4.57. The van der Waals surface area contributed by atoms with Gasteiger partial charge in [-0.3, -0.25) is 0 Å². The smallest absolute Gasteiger partial charge is 0.0492 e. The molecule has 1 aromatic carbocycles. The molecule has 0 aliphatic carbocycles. The molecule has 19 heavy (non-hydrogen) atoms. The summed E-state index contributed by atoms with van der Waals surface area (Å²) < 4.78 is 3.46. The van der Waals surface area contributed by atoms with Crippen molar-refractivity contribution in [3.63, 3.8) is 0 Å². The minimum atomic E-state index is 1.04. The van der Waals surface area contributed by atoms with Gasteiger partial charge in [-0.2, -0.15) is 0 Å². The molecule has 2 nitrogen and oxygen atoms in total. The number of halogens is 1. The molecule has 0 spiro atoms. The van der Waals surface area contributed by atoms with Gasteiger partial charge in [0.1, 0.15) is 0 Å². The molecule has 0 aliphatic rings. The average Bonchev–Trinajstić information content (AvgIpc) is 2.80. The summed E-state index contributed by atoms with van der Waals surface area (Å²) >= 11 is 3.54. The minimum Gasteiger partial charge on any atom is -0.346 e. The van der Waals surface area contributed by atoms with Crippen molar-refractivity contribution in [1.29, 1.82) is 0 Å². The number of nitrogens with one attached hydrogen (secondary N) is 1. The Labute approximate surface area is 124 Å². The molecule has 0 atom stereocenters. The van der Waals surface area contributed by atoms with Crippen molar-refractivity contribution in [1.82, 2.24) is 9.88 Å². The molecule has 0 aliphatic heterocycles. The zero-order valence-corrected chi connectivity index (χ0v) is 13.2. The molecule has 1 heterocycles. The van der Waals surface area contributed by atoms with E-state index < -0.39 is 0 Å². The number of benzene rings is 1. The van der Waals surface area contributed by atoms with Crippen LogP contribution in [-0.2, 0) is 6.54 Å². The van der Waals surface area contributed by atoms with Crippen LogP contribution in [0.5, 0.6) is 0 Å². The van der Waals surface area contributed by atoms with Gasteiger partial charge in [0.05, 0.1) is 0 Å². The Morgan fingerprint density at radius 2 is 2.00 bits per heavy atom. The first-order chi connectivity index (χ1) is 9.31. The van der Waals surface area contributed by atoms with Gasteiger partial charge in [0.2, 0.25) is 0 Å². The van der Waals surface area contributed by atoms with E-state index in [4.69, 9.17) is 0 Å². The van der Waals surface area contributed by atoms with Crippen molar-refractivity contribution < 1.29 is 0 Å². The molecule has 0 bridgehead atoms. The molecule has 0 saturated carbocycles. The number of hydrogen-bond donors (Lipinski definition) is 1. The lowest BCUT2D eigenvalue weighted by atomic mass is 10.2. The fourth-order valence-corrected chi connectivity index (χ4v) is 2.70. The Hall–Kier alpha value is -0.800. The predicted molar refractivity (Wildman–Crippen MR) is 86.6 cm³/mol. The van der Waals surface area contributed by atoms with Crippen LogP contribution in [0.15, 0.2) is 34.9 Å². The lowest BCUT2D eigenvalue weighted by molar-refractivity contribution is 0.567. The quantitative estimate of drug-likeness (QED) is 0.704. The summed E-state index contributed by atoms with van der Waals surface area (Å²) in [5.74, 6) is 0. The van der Waals surface area contributed by atoms with Gasteiger partial charge in [-0.15, -0.1) is 0 Å². The third kappa shape index (κ3) is 4.36. The van der Waals surface area contributed by atoms with Crippen LogP contribution in [0.25, 0.3) is 10.9 Å². The van der Waals surface area contributed by atoms with Crippen LogP contribution < -0.4 is 5.32 Å². The normalized spacial score (nSPS) is 11.3. The summed E-state index contributed by atoms with van der Waals surface area (Å²) in [5.41, 5.74) is 1.31. The summed E-state index contributed by atoms with van der Waals surface area (Å²) in [5, 5.41) is 4.84. The van der Waals surface area contributed by atoms with E-state index in [-0.39, 0.29) is 0 Å². The largest absolute Gasteiger partial charge is 0.346 e. The highest BCUT2D eigenvalue weighted by atomic mass is 79.9. The van der Waals surface area contributed by atoms with Crippen LogP contribution in [0.1, 0.15) is 32.6 Å². The Kier molecular flexibility index (Phi) is 5.93. The molecule has 0 amide bonds. The third-order valence-corrected chi connectivity index (χ3v) is 3.97. The van der Waals surface area contributed by atoms with E-state index in [0.717, 1.165) is 24.1 Å². The topological polar surface area (TPSA) is 17.0 Å². The first-order valence-electron chi connectivity index (χ1n) is 7.26. The van der Waals surface area contributed by atoms with E-state index in [9.17, 15) is 0 Å². The lowest BCUT2D eigenvalue weighted by Crippen LogP contribution is -2.20. The Bertz CT molecular complexity index is 504. The van der Waals surface area contributed by atoms with Gasteiger partial charge < -0.3 is 9.88 Å². The van der Waals surface area contributed by atoms with Crippen LogP contribution >= 0.6 is 15.9 Å². The first-order valence-corrected chi connectivity index (χ1v) is 8.05. The molecule has 104 valence electrons. The van der Waals surface area contributed by atoms with E-state index in [1.807, 2.05) is 0 Å². The number of rotatable bonds is 8. The van der Waals surface area contributed by atoms with Crippen molar-refractivity contribution >= 4 is 26.8 Å². The van der Waals surface area contributed by atoms with Crippen molar-refractivity contribution in [2.75, 3.05) is 13.1 Å². The van der Waals surface area contributed by atoms with Gasteiger partial charge >= 0.3 is 0 Å². The van der Waals surface area contributed by atoms with E-state index >= 15 is 0 Å². The highest BCUT2D eigenvalue weighted by Crippen LogP contribution is 2.20. The first kappa shape index (κ1) is 14.6. The second kappa shape index (κ2) is 7.71. The van der Waals surface area contributed by atoms with E-state index in [2.05, 4.69) is 63.2 Å². The number of unbranched alkanes of at least 4 members (excludes halogenated alkanes) is 3. The molecular formula is C16H23BrN2. The molecule has 3 heteroatoms. The van der Waals surface area contributed by atoms with Crippen LogP contribution in [-0.4, -0.2) is 17.7 Å². The van der Waals surface area contributed by atoms with Gasteiger partial charge in [0.25, 0.3) is 0 Å². The second-order valence-electron chi connectivity index (χ2n) is 5.02. The van der Waals surface area contributed by atoms with Crippen molar-refractivity contribution in [3.8, 4) is 0 Å². The standard InChI is InChI=1S/C16H23BrN2/c1-2-3-4-5-9-18-10-12-19-11-8-14-6-7-15(17)13-16(14)19/h6-8,11,13,18H,2-5,9-10,12H2,1H3. The lowest BCUT2D eigenvalue weighted by Gasteiger charge is -2.07. The Balaban J connectivity index is 1.77. The maximum atomic E-state index is 3.54. The molecule has 0 fully saturated rings. The number of fused-ring (bicyclic) bond motifs is 1. The molecule has 2 aromatic rings. The molecule has 0 unspecified atom stereocenters. The van der Waals surface area contributed by atoms with Gasteiger partial charge in [0, 0.05) is 29.3 Å². The number of aromatic nitrogens is 1. The van der Waals surface area contributed by atoms with Gasteiger partial charge in [-0.25, -0.2) is 0 Å². The SMILES string of the molecule is CCCCCCNCCn1ccc2ccc(Br)cc21. The summed E-state index contributed by atoms with van der Waals surface area (Å²) in [7, 11) is 0. The monoisotopic (exact) mass is 322 g/mol. The van der Waals surface area contributed by atoms with Crippen molar-refractivity contribution in [3.05, 3.63) is 34.9 Å². The molecule has 0 saturated heterocycles. The fourth-order valence-electron chi connectivity index (χ4n) is 2.35.